The fourth-order valence-electron chi connectivity index (χ4n) is 2.05. The first kappa shape index (κ1) is 17.1. The van der Waals surface area contributed by atoms with Crippen LogP contribution in [-0.2, 0) is 0 Å². The molecule has 2 aromatic carbocycles. The quantitative estimate of drug-likeness (QED) is 0.595. The molecule has 0 saturated carbocycles. The normalized spacial score (nSPS) is 11.2. The van der Waals surface area contributed by atoms with Gasteiger partial charge in [-0.2, -0.15) is 5.26 Å². The minimum Gasteiger partial charge on any atom is -0.358 e. The molecule has 7 heteroatoms. The highest BCUT2D eigenvalue weighted by Gasteiger charge is 2.10. The second-order valence-corrected chi connectivity index (χ2v) is 6.28. The lowest BCUT2D eigenvalue weighted by atomic mass is 10.2. The smallest absolute Gasteiger partial charge is 0.149 e. The lowest BCUT2D eigenvalue weighted by Gasteiger charge is -2.03. The van der Waals surface area contributed by atoms with Crippen molar-refractivity contribution >= 4 is 34.2 Å². The zero-order valence-electron chi connectivity index (χ0n) is 12.6. The summed E-state index contributed by atoms with van der Waals surface area (Å²) in [6.45, 7) is 0. The number of aromatic nitrogens is 1. The summed E-state index contributed by atoms with van der Waals surface area (Å²) in [7, 11) is 0. The maximum absolute atomic E-state index is 13.6. The van der Waals surface area contributed by atoms with E-state index in [-0.39, 0.29) is 11.3 Å². The molecule has 0 atom stereocenters. The molecule has 0 saturated heterocycles. The number of allylic oxidation sites excluding steroid dienone is 1. The third kappa shape index (κ3) is 4.02. The van der Waals surface area contributed by atoms with Crippen LogP contribution in [0, 0.1) is 23.0 Å². The van der Waals surface area contributed by atoms with Crippen molar-refractivity contribution in [3.63, 3.8) is 0 Å². The molecule has 0 bridgehead atoms. The van der Waals surface area contributed by atoms with Gasteiger partial charge < -0.3 is 5.32 Å². The zero-order chi connectivity index (χ0) is 17.8. The van der Waals surface area contributed by atoms with E-state index in [0.29, 0.717) is 15.7 Å². The lowest BCUT2D eigenvalue weighted by Crippen LogP contribution is -1.94. The second-order valence-electron chi connectivity index (χ2n) is 4.98. The van der Waals surface area contributed by atoms with E-state index in [1.54, 1.807) is 12.1 Å². The van der Waals surface area contributed by atoms with Crippen molar-refractivity contribution in [1.82, 2.24) is 4.98 Å². The van der Waals surface area contributed by atoms with Gasteiger partial charge in [-0.05, 0) is 24.3 Å². The van der Waals surface area contributed by atoms with Gasteiger partial charge in [-0.1, -0.05) is 23.7 Å². The van der Waals surface area contributed by atoms with Crippen LogP contribution in [0.15, 0.2) is 54.0 Å². The molecule has 0 spiro atoms. The lowest BCUT2D eigenvalue weighted by molar-refractivity contribution is 0.586. The van der Waals surface area contributed by atoms with Crippen LogP contribution in [-0.4, -0.2) is 4.98 Å². The maximum Gasteiger partial charge on any atom is 0.149 e. The molecule has 1 aromatic heterocycles. The molecule has 0 fully saturated rings. The Hall–Kier alpha value is -2.75. The molecule has 25 heavy (non-hydrogen) atoms. The Kier molecular flexibility index (Phi) is 5.08. The van der Waals surface area contributed by atoms with E-state index in [9.17, 15) is 14.0 Å². The van der Waals surface area contributed by atoms with E-state index in [0.717, 1.165) is 17.7 Å². The van der Waals surface area contributed by atoms with Gasteiger partial charge in [0.05, 0.1) is 11.4 Å². The number of halogens is 3. The number of nitrogens with zero attached hydrogens (tertiary/aromatic N) is 2. The molecule has 3 rings (SSSR count). The Bertz CT molecular complexity index is 975. The number of benzene rings is 2. The summed E-state index contributed by atoms with van der Waals surface area (Å²) in [5.41, 5.74) is 1.91. The number of hydrogen-bond acceptors (Lipinski definition) is 4. The fraction of sp³-hybridized carbons (Fsp3) is 0. The maximum atomic E-state index is 13.6. The number of thiazole rings is 1. The van der Waals surface area contributed by atoms with Crippen LogP contribution in [0.5, 0.6) is 0 Å². The SMILES string of the molecule is N#C/C(=C\Nc1ccc(F)cc1F)c1nc(-c2ccc(Cl)cc2)cs1. The predicted octanol–water partition coefficient (Wildman–Crippen LogP) is 5.72. The second kappa shape index (κ2) is 7.43. The van der Waals surface area contributed by atoms with E-state index in [4.69, 9.17) is 11.6 Å². The molecule has 1 N–H and O–H groups in total. The Balaban J connectivity index is 1.84. The summed E-state index contributed by atoms with van der Waals surface area (Å²) >= 11 is 7.16. The van der Waals surface area contributed by atoms with Gasteiger partial charge in [0.15, 0.2) is 0 Å². The molecule has 0 aliphatic rings. The van der Waals surface area contributed by atoms with Gasteiger partial charge in [0.1, 0.15) is 28.3 Å². The zero-order valence-corrected chi connectivity index (χ0v) is 14.2. The Morgan fingerprint density at radius 3 is 2.64 bits per heavy atom. The molecule has 1 heterocycles. The number of rotatable bonds is 4. The van der Waals surface area contributed by atoms with E-state index >= 15 is 0 Å². The summed E-state index contributed by atoms with van der Waals surface area (Å²) < 4.78 is 26.5. The number of anilines is 1. The molecule has 0 aliphatic carbocycles. The van der Waals surface area contributed by atoms with Crippen molar-refractivity contribution in [2.24, 2.45) is 0 Å². The summed E-state index contributed by atoms with van der Waals surface area (Å²) in [6, 6.07) is 12.4. The topological polar surface area (TPSA) is 48.7 Å². The van der Waals surface area contributed by atoms with Crippen LogP contribution in [0.3, 0.4) is 0 Å². The van der Waals surface area contributed by atoms with Crippen LogP contribution < -0.4 is 5.32 Å². The van der Waals surface area contributed by atoms with Crippen molar-refractivity contribution in [2.75, 3.05) is 5.32 Å². The Morgan fingerprint density at radius 1 is 1.20 bits per heavy atom. The first-order valence-corrected chi connectivity index (χ1v) is 8.36. The van der Waals surface area contributed by atoms with Gasteiger partial charge in [-0.25, -0.2) is 13.8 Å². The van der Waals surface area contributed by atoms with Crippen LogP contribution in [0.4, 0.5) is 14.5 Å². The van der Waals surface area contributed by atoms with Crippen molar-refractivity contribution in [2.45, 2.75) is 0 Å². The van der Waals surface area contributed by atoms with Gasteiger partial charge in [0, 0.05) is 28.2 Å². The fourth-order valence-corrected chi connectivity index (χ4v) is 2.97. The van der Waals surface area contributed by atoms with Gasteiger partial charge >= 0.3 is 0 Å². The Labute approximate surface area is 151 Å². The number of nitriles is 1. The van der Waals surface area contributed by atoms with Crippen LogP contribution in [0.1, 0.15) is 5.01 Å². The summed E-state index contributed by atoms with van der Waals surface area (Å²) in [5.74, 6) is -1.41. The average Bonchev–Trinajstić information content (AvgIpc) is 3.07. The summed E-state index contributed by atoms with van der Waals surface area (Å²) in [4.78, 5) is 4.42. The number of hydrogen-bond donors (Lipinski definition) is 1. The predicted molar refractivity (Wildman–Crippen MR) is 96.1 cm³/mol. The molecule has 0 unspecified atom stereocenters. The van der Waals surface area contributed by atoms with E-state index in [1.165, 1.54) is 23.6 Å². The Morgan fingerprint density at radius 2 is 1.96 bits per heavy atom. The number of nitrogens with one attached hydrogen (secondary N) is 1. The van der Waals surface area contributed by atoms with E-state index in [2.05, 4.69) is 10.3 Å². The van der Waals surface area contributed by atoms with Crippen molar-refractivity contribution in [1.29, 1.82) is 5.26 Å². The first-order chi connectivity index (χ1) is 12.1. The van der Waals surface area contributed by atoms with Crippen molar-refractivity contribution in [3.8, 4) is 17.3 Å². The van der Waals surface area contributed by atoms with Gasteiger partial charge in [0.25, 0.3) is 0 Å². The van der Waals surface area contributed by atoms with Crippen molar-refractivity contribution < 1.29 is 8.78 Å². The van der Waals surface area contributed by atoms with E-state index in [1.807, 2.05) is 23.6 Å². The molecule has 0 amide bonds. The van der Waals surface area contributed by atoms with Crippen molar-refractivity contribution in [3.05, 3.63) is 75.7 Å². The molecule has 3 aromatic rings. The van der Waals surface area contributed by atoms with E-state index < -0.39 is 11.6 Å². The molecule has 0 radical (unpaired) electrons. The van der Waals surface area contributed by atoms with Crippen LogP contribution in [0.2, 0.25) is 5.02 Å². The molecule has 3 nitrogen and oxygen atoms in total. The molecular formula is C18H10ClF2N3S. The third-order valence-electron chi connectivity index (χ3n) is 3.30. The average molecular weight is 374 g/mol. The van der Waals surface area contributed by atoms with Crippen LogP contribution in [0.25, 0.3) is 16.8 Å². The highest BCUT2D eigenvalue weighted by atomic mass is 35.5. The first-order valence-electron chi connectivity index (χ1n) is 7.10. The van der Waals surface area contributed by atoms with Gasteiger partial charge in [-0.15, -0.1) is 11.3 Å². The summed E-state index contributed by atoms with van der Waals surface area (Å²) in [5, 5.41) is 14.9. The minimum atomic E-state index is -0.741. The largest absolute Gasteiger partial charge is 0.358 e. The van der Waals surface area contributed by atoms with Gasteiger partial charge in [0.2, 0.25) is 0 Å². The highest BCUT2D eigenvalue weighted by molar-refractivity contribution is 7.11. The summed E-state index contributed by atoms with van der Waals surface area (Å²) in [6.07, 6.45) is 1.35. The van der Waals surface area contributed by atoms with Crippen LogP contribution >= 0.6 is 22.9 Å². The van der Waals surface area contributed by atoms with Gasteiger partial charge in [-0.3, -0.25) is 0 Å². The molecule has 0 aliphatic heterocycles. The standard InChI is InChI=1S/C18H10ClF2N3S/c19-13-3-1-11(2-4-13)17-10-25-18(24-17)12(8-22)9-23-16-6-5-14(20)7-15(16)21/h1-7,9-10,23H/b12-9+. The molecule has 124 valence electrons. The highest BCUT2D eigenvalue weighted by Crippen LogP contribution is 2.27. The third-order valence-corrected chi connectivity index (χ3v) is 4.43. The minimum absolute atomic E-state index is 0.0728. The molecular weight excluding hydrogens is 364 g/mol. The monoisotopic (exact) mass is 373 g/mol.